The molecule has 122 valence electrons. The molecule has 2 rings (SSSR count). The number of benzene rings is 1. The maximum atomic E-state index is 12.2. The van der Waals surface area contributed by atoms with Crippen LogP contribution in [0.3, 0.4) is 0 Å². The van der Waals surface area contributed by atoms with Crippen molar-refractivity contribution in [1.29, 1.82) is 0 Å². The summed E-state index contributed by atoms with van der Waals surface area (Å²) < 4.78 is 0. The van der Waals surface area contributed by atoms with Gasteiger partial charge in [0, 0.05) is 11.9 Å². The predicted molar refractivity (Wildman–Crippen MR) is 97.5 cm³/mol. The first-order chi connectivity index (χ1) is 11.1. The lowest BCUT2D eigenvalue weighted by Gasteiger charge is -2.17. The van der Waals surface area contributed by atoms with Gasteiger partial charge in [-0.05, 0) is 49.1 Å². The SMILES string of the molecule is CC[C@H](NC(=O)CSCc1ccccc1C)c1cc(C)ccn1. The molecule has 0 saturated carbocycles. The van der Waals surface area contributed by atoms with Crippen LogP contribution < -0.4 is 5.32 Å². The zero-order chi connectivity index (χ0) is 16.7. The summed E-state index contributed by atoms with van der Waals surface area (Å²) in [7, 11) is 0. The van der Waals surface area contributed by atoms with Crippen LogP contribution in [0.15, 0.2) is 42.6 Å². The van der Waals surface area contributed by atoms with Crippen LogP contribution in [-0.2, 0) is 10.5 Å². The van der Waals surface area contributed by atoms with E-state index in [0.29, 0.717) is 5.75 Å². The Labute approximate surface area is 142 Å². The second-order valence-corrected chi connectivity index (χ2v) is 6.69. The predicted octanol–water partition coefficient (Wildman–Crippen LogP) is 4.20. The van der Waals surface area contributed by atoms with Crippen LogP contribution in [0.1, 0.15) is 41.8 Å². The maximum absolute atomic E-state index is 12.2. The number of hydrogen-bond acceptors (Lipinski definition) is 3. The van der Waals surface area contributed by atoms with Gasteiger partial charge in [-0.25, -0.2) is 0 Å². The number of carbonyl (C=O) groups is 1. The average molecular weight is 328 g/mol. The van der Waals surface area contributed by atoms with Crippen molar-refractivity contribution in [3.63, 3.8) is 0 Å². The third kappa shape index (κ3) is 5.39. The molecular weight excluding hydrogens is 304 g/mol. The highest BCUT2D eigenvalue weighted by Gasteiger charge is 2.14. The number of aromatic nitrogens is 1. The molecule has 0 radical (unpaired) electrons. The summed E-state index contributed by atoms with van der Waals surface area (Å²) in [6, 6.07) is 12.3. The number of aryl methyl sites for hydroxylation is 2. The highest BCUT2D eigenvalue weighted by atomic mass is 32.2. The van der Waals surface area contributed by atoms with Gasteiger partial charge in [0.25, 0.3) is 0 Å². The Hall–Kier alpha value is -1.81. The van der Waals surface area contributed by atoms with E-state index in [1.54, 1.807) is 18.0 Å². The van der Waals surface area contributed by atoms with Gasteiger partial charge >= 0.3 is 0 Å². The molecule has 0 aliphatic rings. The lowest BCUT2D eigenvalue weighted by molar-refractivity contribution is -0.119. The molecule has 0 aliphatic carbocycles. The summed E-state index contributed by atoms with van der Waals surface area (Å²) in [6.07, 6.45) is 2.64. The number of pyridine rings is 1. The minimum Gasteiger partial charge on any atom is -0.347 e. The number of carbonyl (C=O) groups excluding carboxylic acids is 1. The molecule has 4 heteroatoms. The van der Waals surface area contributed by atoms with Crippen molar-refractivity contribution in [3.8, 4) is 0 Å². The van der Waals surface area contributed by atoms with Crippen LogP contribution in [0.25, 0.3) is 0 Å². The Bertz CT molecular complexity index is 657. The largest absolute Gasteiger partial charge is 0.347 e. The topological polar surface area (TPSA) is 42.0 Å². The van der Waals surface area contributed by atoms with Crippen LogP contribution in [0, 0.1) is 13.8 Å². The van der Waals surface area contributed by atoms with Crippen molar-refractivity contribution in [3.05, 3.63) is 65.0 Å². The van der Waals surface area contributed by atoms with E-state index < -0.39 is 0 Å². The van der Waals surface area contributed by atoms with E-state index in [0.717, 1.165) is 23.4 Å². The maximum Gasteiger partial charge on any atom is 0.230 e. The number of nitrogens with one attached hydrogen (secondary N) is 1. The molecule has 2 aromatic rings. The lowest BCUT2D eigenvalue weighted by Crippen LogP contribution is -2.30. The Kier molecular flexibility index (Phi) is 6.66. The second-order valence-electron chi connectivity index (χ2n) is 5.71. The number of amides is 1. The highest BCUT2D eigenvalue weighted by molar-refractivity contribution is 7.99. The highest BCUT2D eigenvalue weighted by Crippen LogP contribution is 2.18. The molecule has 23 heavy (non-hydrogen) atoms. The third-order valence-electron chi connectivity index (χ3n) is 3.79. The minimum atomic E-state index is -0.0125. The van der Waals surface area contributed by atoms with E-state index in [4.69, 9.17) is 0 Å². The van der Waals surface area contributed by atoms with Gasteiger partial charge in [-0.3, -0.25) is 9.78 Å². The Morgan fingerprint density at radius 2 is 2.04 bits per heavy atom. The van der Waals surface area contributed by atoms with E-state index in [9.17, 15) is 4.79 Å². The van der Waals surface area contributed by atoms with Crippen molar-refractivity contribution in [2.45, 2.75) is 39.0 Å². The normalized spacial score (nSPS) is 12.0. The summed E-state index contributed by atoms with van der Waals surface area (Å²) in [5.41, 5.74) is 4.66. The minimum absolute atomic E-state index is 0.0125. The summed E-state index contributed by atoms with van der Waals surface area (Å²) in [5, 5.41) is 3.09. The molecule has 1 aromatic carbocycles. The second kappa shape index (κ2) is 8.73. The molecule has 0 unspecified atom stereocenters. The molecule has 1 amide bonds. The fourth-order valence-electron chi connectivity index (χ4n) is 2.40. The summed E-state index contributed by atoms with van der Waals surface area (Å²) >= 11 is 1.65. The molecule has 1 aromatic heterocycles. The molecule has 0 aliphatic heterocycles. The van der Waals surface area contributed by atoms with Gasteiger partial charge in [0.15, 0.2) is 0 Å². The monoisotopic (exact) mass is 328 g/mol. The van der Waals surface area contributed by atoms with E-state index >= 15 is 0 Å². The first kappa shape index (κ1) is 17.5. The summed E-state index contributed by atoms with van der Waals surface area (Å²) in [6.45, 7) is 6.21. The number of rotatable bonds is 7. The molecule has 0 saturated heterocycles. The standard InChI is InChI=1S/C19H24N2OS/c1-4-17(18-11-14(2)9-10-20-18)21-19(22)13-23-12-16-8-6-5-7-15(16)3/h5-11,17H,4,12-13H2,1-3H3,(H,21,22)/t17-/m0/s1. The molecule has 1 heterocycles. The van der Waals surface area contributed by atoms with Crippen LogP contribution >= 0.6 is 11.8 Å². The summed E-state index contributed by atoms with van der Waals surface area (Å²) in [4.78, 5) is 16.6. The molecule has 1 N–H and O–H groups in total. The Morgan fingerprint density at radius 3 is 2.74 bits per heavy atom. The number of thioether (sulfide) groups is 1. The number of hydrogen-bond donors (Lipinski definition) is 1. The smallest absolute Gasteiger partial charge is 0.230 e. The lowest BCUT2D eigenvalue weighted by atomic mass is 10.1. The van der Waals surface area contributed by atoms with Gasteiger partial charge in [0.05, 0.1) is 17.5 Å². The van der Waals surface area contributed by atoms with Crippen molar-refractivity contribution < 1.29 is 4.79 Å². The summed E-state index contributed by atoms with van der Waals surface area (Å²) in [5.74, 6) is 1.40. The van der Waals surface area contributed by atoms with E-state index in [-0.39, 0.29) is 11.9 Å². The van der Waals surface area contributed by atoms with Crippen molar-refractivity contribution in [1.82, 2.24) is 10.3 Å². The van der Waals surface area contributed by atoms with Crippen molar-refractivity contribution in [2.24, 2.45) is 0 Å². The zero-order valence-corrected chi connectivity index (χ0v) is 14.8. The fraction of sp³-hybridized carbons (Fsp3) is 0.368. The third-order valence-corrected chi connectivity index (χ3v) is 4.77. The van der Waals surface area contributed by atoms with E-state index in [1.165, 1.54) is 11.1 Å². The molecule has 3 nitrogen and oxygen atoms in total. The first-order valence-electron chi connectivity index (χ1n) is 7.94. The van der Waals surface area contributed by atoms with Gasteiger partial charge in [0.1, 0.15) is 0 Å². The van der Waals surface area contributed by atoms with Crippen LogP contribution in [-0.4, -0.2) is 16.6 Å². The fourth-order valence-corrected chi connectivity index (χ4v) is 3.31. The average Bonchev–Trinajstić information content (AvgIpc) is 2.54. The van der Waals surface area contributed by atoms with Gasteiger partial charge in [0.2, 0.25) is 5.91 Å². The van der Waals surface area contributed by atoms with E-state index in [2.05, 4.69) is 36.3 Å². The van der Waals surface area contributed by atoms with Gasteiger partial charge in [-0.2, -0.15) is 0 Å². The molecule has 0 spiro atoms. The zero-order valence-electron chi connectivity index (χ0n) is 14.0. The van der Waals surface area contributed by atoms with Crippen LogP contribution in [0.2, 0.25) is 0 Å². The quantitative estimate of drug-likeness (QED) is 0.828. The molecule has 0 fully saturated rings. The Morgan fingerprint density at radius 1 is 1.26 bits per heavy atom. The first-order valence-corrected chi connectivity index (χ1v) is 9.09. The number of nitrogens with zero attached hydrogens (tertiary/aromatic N) is 1. The van der Waals surface area contributed by atoms with Gasteiger partial charge < -0.3 is 5.32 Å². The van der Waals surface area contributed by atoms with Crippen molar-refractivity contribution in [2.75, 3.05) is 5.75 Å². The van der Waals surface area contributed by atoms with Gasteiger partial charge in [-0.1, -0.05) is 31.2 Å². The van der Waals surface area contributed by atoms with Gasteiger partial charge in [-0.15, -0.1) is 11.8 Å². The molecule has 0 bridgehead atoms. The molecule has 1 atom stereocenters. The Balaban J connectivity index is 1.85. The molecular formula is C19H24N2OS. The van der Waals surface area contributed by atoms with Crippen LogP contribution in [0.5, 0.6) is 0 Å². The van der Waals surface area contributed by atoms with E-state index in [1.807, 2.05) is 31.2 Å². The van der Waals surface area contributed by atoms with Crippen molar-refractivity contribution >= 4 is 17.7 Å². The van der Waals surface area contributed by atoms with Crippen LogP contribution in [0.4, 0.5) is 0 Å².